The van der Waals surface area contributed by atoms with Crippen LogP contribution in [0.3, 0.4) is 0 Å². The molecule has 2 aromatic carbocycles. The number of nitrogens with zero attached hydrogens (tertiary/aromatic N) is 2. The molecule has 186 valence electrons. The summed E-state index contributed by atoms with van der Waals surface area (Å²) in [5, 5.41) is 58.5. The molecule has 0 bridgehead atoms. The van der Waals surface area contributed by atoms with Crippen molar-refractivity contribution in [1.29, 1.82) is 0 Å². The largest absolute Gasteiger partial charge is 0.507 e. The summed E-state index contributed by atoms with van der Waals surface area (Å²) in [5.74, 6) is -2.37. The third kappa shape index (κ3) is 7.70. The smallest absolute Gasteiger partial charge is 0.317 e. The normalized spacial score (nSPS) is 11.4. The van der Waals surface area contributed by atoms with Crippen LogP contribution >= 0.6 is 0 Å². The molecule has 0 amide bonds. The van der Waals surface area contributed by atoms with Crippen molar-refractivity contribution in [2.45, 2.75) is 40.2 Å². The summed E-state index contributed by atoms with van der Waals surface area (Å²) in [6.07, 6.45) is 0. The van der Waals surface area contributed by atoms with Gasteiger partial charge in [0.05, 0.1) is 26.3 Å². The first-order valence-electron chi connectivity index (χ1n) is 10.8. The summed E-state index contributed by atoms with van der Waals surface area (Å²) in [7, 11) is 0. The maximum Gasteiger partial charge on any atom is 0.317 e. The Bertz CT molecular complexity index is 943. The summed E-state index contributed by atoms with van der Waals surface area (Å²) >= 11 is 0. The number of hydrogen-bond donors (Lipinski definition) is 6. The van der Waals surface area contributed by atoms with Gasteiger partial charge in [0, 0.05) is 48.4 Å². The van der Waals surface area contributed by atoms with Crippen LogP contribution in [0.4, 0.5) is 0 Å². The van der Waals surface area contributed by atoms with Crippen LogP contribution in [0.2, 0.25) is 0 Å². The summed E-state index contributed by atoms with van der Waals surface area (Å²) < 4.78 is 0. The zero-order valence-corrected chi connectivity index (χ0v) is 19.4. The van der Waals surface area contributed by atoms with E-state index in [1.165, 1.54) is 0 Å². The minimum atomic E-state index is -1.08. The van der Waals surface area contributed by atoms with Gasteiger partial charge < -0.3 is 30.6 Å². The van der Waals surface area contributed by atoms with Crippen LogP contribution in [0.15, 0.2) is 24.3 Å². The van der Waals surface area contributed by atoms with Crippen molar-refractivity contribution in [3.63, 3.8) is 0 Å². The molecule has 0 aliphatic rings. The molecule has 2 rings (SSSR count). The fourth-order valence-electron chi connectivity index (χ4n) is 3.93. The van der Waals surface area contributed by atoms with Gasteiger partial charge in [-0.15, -0.1) is 0 Å². The maximum absolute atomic E-state index is 11.4. The summed E-state index contributed by atoms with van der Waals surface area (Å²) in [5.41, 5.74) is 3.20. The average Bonchev–Trinajstić information content (AvgIpc) is 2.75. The first-order valence-corrected chi connectivity index (χ1v) is 10.8. The van der Waals surface area contributed by atoms with Gasteiger partial charge >= 0.3 is 11.9 Å². The number of aryl methyl sites for hydroxylation is 2. The number of carboxylic acid groups (broad SMARTS) is 2. The van der Waals surface area contributed by atoms with Crippen molar-refractivity contribution in [2.24, 2.45) is 0 Å². The average molecular weight is 477 g/mol. The molecule has 10 nitrogen and oxygen atoms in total. The highest BCUT2D eigenvalue weighted by molar-refractivity contribution is 5.69. The van der Waals surface area contributed by atoms with Crippen LogP contribution in [0, 0.1) is 13.8 Å². The Morgan fingerprint density at radius 3 is 1.29 bits per heavy atom. The zero-order valence-electron chi connectivity index (χ0n) is 19.4. The molecule has 2 aromatic rings. The third-order valence-electron chi connectivity index (χ3n) is 5.40. The van der Waals surface area contributed by atoms with E-state index in [9.17, 15) is 40.2 Å². The molecule has 34 heavy (non-hydrogen) atoms. The van der Waals surface area contributed by atoms with Crippen molar-refractivity contribution in [3.8, 4) is 11.5 Å². The molecule has 0 saturated heterocycles. The van der Waals surface area contributed by atoms with E-state index in [1.54, 1.807) is 47.9 Å². The predicted molar refractivity (Wildman–Crippen MR) is 123 cm³/mol. The Morgan fingerprint density at radius 2 is 1.00 bits per heavy atom. The fourth-order valence-corrected chi connectivity index (χ4v) is 3.93. The van der Waals surface area contributed by atoms with E-state index in [4.69, 9.17) is 0 Å². The minimum Gasteiger partial charge on any atom is -0.507 e. The Hall–Kier alpha value is -3.18. The highest BCUT2D eigenvalue weighted by Crippen LogP contribution is 2.27. The van der Waals surface area contributed by atoms with Crippen molar-refractivity contribution in [3.05, 3.63) is 57.6 Å². The molecule has 0 atom stereocenters. The molecule has 0 aromatic heterocycles. The molecule has 0 fully saturated rings. The Balaban J connectivity index is 2.23. The van der Waals surface area contributed by atoms with Crippen molar-refractivity contribution >= 4 is 11.9 Å². The highest BCUT2D eigenvalue weighted by atomic mass is 16.4. The first kappa shape index (κ1) is 27.1. The monoisotopic (exact) mass is 476 g/mol. The van der Waals surface area contributed by atoms with E-state index in [0.717, 1.165) is 11.1 Å². The van der Waals surface area contributed by atoms with E-state index in [1.807, 2.05) is 0 Å². The van der Waals surface area contributed by atoms with Crippen LogP contribution < -0.4 is 0 Å². The van der Waals surface area contributed by atoms with Gasteiger partial charge in [0.2, 0.25) is 0 Å². The third-order valence-corrected chi connectivity index (χ3v) is 5.40. The number of aliphatic hydroxyl groups excluding tert-OH is 2. The minimum absolute atomic E-state index is 0.0814. The number of rotatable bonds is 13. The van der Waals surface area contributed by atoms with E-state index < -0.39 is 11.9 Å². The number of aliphatic hydroxyl groups is 2. The molecule has 0 aliphatic carbocycles. The summed E-state index contributed by atoms with van der Waals surface area (Å²) in [6.45, 7) is 2.70. The van der Waals surface area contributed by atoms with Gasteiger partial charge in [0.15, 0.2) is 0 Å². The maximum atomic E-state index is 11.4. The molecule has 0 heterocycles. The molecule has 0 unspecified atom stereocenters. The number of aliphatic carboxylic acids is 2. The first-order chi connectivity index (χ1) is 16.0. The number of hydrogen-bond acceptors (Lipinski definition) is 8. The van der Waals surface area contributed by atoms with Gasteiger partial charge in [-0.05, 0) is 13.8 Å². The fraction of sp³-hybridized carbons (Fsp3) is 0.417. The molecule has 10 heteroatoms. The van der Waals surface area contributed by atoms with E-state index in [2.05, 4.69) is 0 Å². The predicted octanol–water partition coefficient (Wildman–Crippen LogP) is 1.17. The topological polar surface area (TPSA) is 162 Å². The molecular formula is C24H32N2O8. The second-order valence-electron chi connectivity index (χ2n) is 8.39. The lowest BCUT2D eigenvalue weighted by Crippen LogP contribution is -2.39. The molecular weight excluding hydrogens is 444 g/mol. The number of phenols is 2. The molecule has 0 radical (unpaired) electrons. The van der Waals surface area contributed by atoms with Crippen LogP contribution in [-0.4, -0.2) is 78.6 Å². The van der Waals surface area contributed by atoms with Gasteiger partial charge in [0.25, 0.3) is 0 Å². The summed E-state index contributed by atoms with van der Waals surface area (Å²) in [4.78, 5) is 26.0. The molecule has 0 spiro atoms. The Morgan fingerprint density at radius 1 is 0.676 bits per heavy atom. The number of carboxylic acids is 2. The van der Waals surface area contributed by atoms with E-state index in [0.29, 0.717) is 22.3 Å². The van der Waals surface area contributed by atoms with Crippen molar-refractivity contribution < 1.29 is 40.2 Å². The van der Waals surface area contributed by atoms with Crippen LogP contribution in [-0.2, 0) is 35.9 Å². The molecule has 6 N–H and O–H groups in total. The SMILES string of the molecule is Cc1cc(CO)c(O)c(CN(CCN(CC(=O)O)Cc2cc(C)cc(CO)c2O)CC(=O)O)c1. The van der Waals surface area contributed by atoms with Crippen LogP contribution in [0.5, 0.6) is 11.5 Å². The van der Waals surface area contributed by atoms with Gasteiger partial charge in [-0.1, -0.05) is 35.4 Å². The van der Waals surface area contributed by atoms with E-state index in [-0.39, 0.29) is 64.0 Å². The van der Waals surface area contributed by atoms with Gasteiger partial charge in [-0.3, -0.25) is 19.4 Å². The van der Waals surface area contributed by atoms with Crippen molar-refractivity contribution in [1.82, 2.24) is 9.80 Å². The molecule has 0 saturated carbocycles. The summed E-state index contributed by atoms with van der Waals surface area (Å²) in [6, 6.07) is 6.70. The van der Waals surface area contributed by atoms with Gasteiger partial charge in [-0.25, -0.2) is 0 Å². The number of benzene rings is 2. The highest BCUT2D eigenvalue weighted by Gasteiger charge is 2.19. The van der Waals surface area contributed by atoms with Crippen molar-refractivity contribution in [2.75, 3.05) is 26.2 Å². The van der Waals surface area contributed by atoms with Crippen LogP contribution in [0.25, 0.3) is 0 Å². The lowest BCUT2D eigenvalue weighted by atomic mass is 10.0. The lowest BCUT2D eigenvalue weighted by molar-refractivity contribution is -0.140. The lowest BCUT2D eigenvalue weighted by Gasteiger charge is -2.27. The standard InChI is InChI=1S/C24H32N2O8/c1-15-5-17(23(33)19(7-15)13-27)9-25(11-21(29)30)3-4-26(12-22(31)32)10-18-6-16(2)8-20(14-28)24(18)34/h5-8,27-28,33-34H,3-4,9-14H2,1-2H3,(H,29,30)(H,31,32). The van der Waals surface area contributed by atoms with Gasteiger partial charge in [-0.2, -0.15) is 0 Å². The van der Waals surface area contributed by atoms with E-state index >= 15 is 0 Å². The Kier molecular flexibility index (Phi) is 9.82. The van der Waals surface area contributed by atoms with Crippen LogP contribution in [0.1, 0.15) is 33.4 Å². The number of aromatic hydroxyl groups is 2. The second kappa shape index (κ2) is 12.3. The molecule has 0 aliphatic heterocycles. The number of carbonyl (C=O) groups is 2. The quantitative estimate of drug-likeness (QED) is 0.247. The Labute approximate surface area is 197 Å². The second-order valence-corrected chi connectivity index (χ2v) is 8.39. The van der Waals surface area contributed by atoms with Gasteiger partial charge in [0.1, 0.15) is 11.5 Å². The zero-order chi connectivity index (χ0) is 25.4.